The van der Waals surface area contributed by atoms with Crippen molar-refractivity contribution in [3.05, 3.63) is 102 Å². The largest absolute Gasteiger partial charge is 0.343 e. The summed E-state index contributed by atoms with van der Waals surface area (Å²) in [4.78, 5) is 18.5. The molecule has 0 aliphatic rings. The molecule has 1 heterocycles. The molecule has 1 aromatic heterocycles. The molecule has 2 atom stereocenters. The predicted octanol–water partition coefficient (Wildman–Crippen LogP) is 5.59. The monoisotopic (exact) mass is 433 g/mol. The van der Waals surface area contributed by atoms with Crippen LogP contribution in [0.15, 0.2) is 94.3 Å². The van der Waals surface area contributed by atoms with Crippen LogP contribution in [0.5, 0.6) is 0 Å². The molecule has 0 saturated heterocycles. The summed E-state index contributed by atoms with van der Waals surface area (Å²) >= 11 is 1.48. The summed E-state index contributed by atoms with van der Waals surface area (Å²) in [6, 6.07) is 24.7. The zero-order valence-corrected chi connectivity index (χ0v) is 17.6. The lowest BCUT2D eigenvalue weighted by Gasteiger charge is -2.19. The number of nitrogens with zero attached hydrogens (tertiary/aromatic N) is 2. The van der Waals surface area contributed by atoms with Crippen LogP contribution in [0.25, 0.3) is 11.4 Å². The van der Waals surface area contributed by atoms with Gasteiger partial charge in [0.2, 0.25) is 17.6 Å². The molecule has 1 amide bonds. The van der Waals surface area contributed by atoms with Gasteiger partial charge in [-0.2, -0.15) is 4.98 Å². The predicted molar refractivity (Wildman–Crippen MR) is 118 cm³/mol. The van der Waals surface area contributed by atoms with Crippen molar-refractivity contribution in [1.82, 2.24) is 15.5 Å². The highest BCUT2D eigenvalue weighted by Gasteiger charge is 2.25. The molecule has 5 nitrogen and oxygen atoms in total. The Morgan fingerprint density at radius 2 is 1.61 bits per heavy atom. The molecule has 4 rings (SSSR count). The van der Waals surface area contributed by atoms with Crippen LogP contribution in [-0.2, 0) is 4.79 Å². The molecule has 0 aliphatic carbocycles. The molecule has 0 aliphatic heterocycles. The van der Waals surface area contributed by atoms with E-state index in [4.69, 9.17) is 4.52 Å². The molecule has 0 fully saturated rings. The molecule has 31 heavy (non-hydrogen) atoms. The van der Waals surface area contributed by atoms with Gasteiger partial charge in [-0.25, -0.2) is 4.39 Å². The van der Waals surface area contributed by atoms with Gasteiger partial charge in [-0.1, -0.05) is 53.7 Å². The Morgan fingerprint density at radius 3 is 2.29 bits per heavy atom. The summed E-state index contributed by atoms with van der Waals surface area (Å²) in [5.41, 5.74) is 1.54. The maximum absolute atomic E-state index is 13.2. The zero-order valence-electron chi connectivity index (χ0n) is 16.7. The lowest BCUT2D eigenvalue weighted by Crippen LogP contribution is -2.30. The van der Waals surface area contributed by atoms with Crippen molar-refractivity contribution in [2.45, 2.75) is 23.1 Å². The third kappa shape index (κ3) is 5.19. The van der Waals surface area contributed by atoms with E-state index in [1.54, 1.807) is 19.1 Å². The summed E-state index contributed by atoms with van der Waals surface area (Å²) in [6.07, 6.45) is 0. The first kappa shape index (κ1) is 20.8. The van der Waals surface area contributed by atoms with E-state index in [1.807, 2.05) is 60.7 Å². The van der Waals surface area contributed by atoms with Gasteiger partial charge in [0.15, 0.2) is 0 Å². The second-order valence-electron chi connectivity index (χ2n) is 6.92. The van der Waals surface area contributed by atoms with Crippen molar-refractivity contribution in [3.63, 3.8) is 0 Å². The fourth-order valence-corrected chi connectivity index (χ4v) is 4.07. The zero-order chi connectivity index (χ0) is 21.6. The number of hydrogen-bond acceptors (Lipinski definition) is 5. The van der Waals surface area contributed by atoms with Crippen molar-refractivity contribution >= 4 is 17.7 Å². The third-order valence-electron chi connectivity index (χ3n) is 4.61. The van der Waals surface area contributed by atoms with Gasteiger partial charge >= 0.3 is 0 Å². The average molecular weight is 434 g/mol. The fraction of sp³-hybridized carbons (Fsp3) is 0.125. The van der Waals surface area contributed by atoms with Gasteiger partial charge in [0, 0.05) is 10.5 Å². The van der Waals surface area contributed by atoms with Gasteiger partial charge in [-0.15, -0.1) is 11.8 Å². The molecule has 7 heteroatoms. The first-order valence-corrected chi connectivity index (χ1v) is 10.6. The Morgan fingerprint density at radius 1 is 0.968 bits per heavy atom. The van der Waals surface area contributed by atoms with E-state index in [-0.39, 0.29) is 17.6 Å². The molecule has 0 radical (unpaired) electrons. The first-order chi connectivity index (χ1) is 15.1. The molecular formula is C24H20FN3O2S. The number of halogens is 1. The van der Waals surface area contributed by atoms with Crippen LogP contribution in [0.1, 0.15) is 29.7 Å². The van der Waals surface area contributed by atoms with E-state index in [1.165, 1.54) is 23.9 Å². The Hall–Kier alpha value is -3.45. The maximum Gasteiger partial charge on any atom is 0.249 e. The summed E-state index contributed by atoms with van der Waals surface area (Å²) in [5.74, 6) is 0.128. The number of aromatic nitrogens is 2. The number of hydrogen-bond donors (Lipinski definition) is 1. The van der Waals surface area contributed by atoms with Crippen LogP contribution < -0.4 is 5.32 Å². The highest BCUT2D eigenvalue weighted by Crippen LogP contribution is 2.35. The van der Waals surface area contributed by atoms with Gasteiger partial charge < -0.3 is 9.84 Å². The second-order valence-corrected chi connectivity index (χ2v) is 8.09. The normalized spacial score (nSPS) is 12.8. The quantitative estimate of drug-likeness (QED) is 0.385. The highest BCUT2D eigenvalue weighted by atomic mass is 32.2. The highest BCUT2D eigenvalue weighted by molar-refractivity contribution is 8.00. The van der Waals surface area contributed by atoms with E-state index >= 15 is 0 Å². The summed E-state index contributed by atoms with van der Waals surface area (Å²) < 4.78 is 18.5. The van der Waals surface area contributed by atoms with E-state index in [0.717, 1.165) is 10.5 Å². The topological polar surface area (TPSA) is 68.0 Å². The van der Waals surface area contributed by atoms with Gasteiger partial charge in [-0.05, 0) is 48.9 Å². The van der Waals surface area contributed by atoms with Crippen LogP contribution >= 0.6 is 11.8 Å². The van der Waals surface area contributed by atoms with Crippen molar-refractivity contribution in [1.29, 1.82) is 0 Å². The summed E-state index contributed by atoms with van der Waals surface area (Å²) in [6.45, 7) is 1.79. The van der Waals surface area contributed by atoms with Gasteiger partial charge in [-0.3, -0.25) is 4.79 Å². The Balaban J connectivity index is 1.51. The fourth-order valence-electron chi connectivity index (χ4n) is 3.01. The Bertz CT molecular complexity index is 1130. The number of carbonyl (C=O) groups excluding carboxylic acids is 1. The molecule has 0 bridgehead atoms. The minimum atomic E-state index is -0.489. The minimum absolute atomic E-state index is 0.158. The number of thioether (sulfide) groups is 1. The lowest BCUT2D eigenvalue weighted by atomic mass is 10.1. The molecule has 0 spiro atoms. The van der Waals surface area contributed by atoms with Crippen molar-refractivity contribution in [2.24, 2.45) is 0 Å². The van der Waals surface area contributed by atoms with Crippen LogP contribution in [0, 0.1) is 5.82 Å². The standard InChI is InChI=1S/C24H20FN3O2S/c1-16(24-27-22(28-30-24)18-12-14-19(25)15-13-18)26-23(29)21(17-8-4-2-5-9-17)31-20-10-6-3-7-11-20/h2-16,21H,1H3,(H,26,29)/t16-,21+/m1/s1. The van der Waals surface area contributed by atoms with Crippen LogP contribution in [0.2, 0.25) is 0 Å². The third-order valence-corrected chi connectivity index (χ3v) is 5.88. The Labute approximate surface area is 183 Å². The molecule has 3 aromatic carbocycles. The average Bonchev–Trinajstić information content (AvgIpc) is 3.30. The molecule has 1 N–H and O–H groups in total. The number of nitrogens with one attached hydrogen (secondary N) is 1. The maximum atomic E-state index is 13.2. The van der Waals surface area contributed by atoms with Crippen molar-refractivity contribution < 1.29 is 13.7 Å². The number of carbonyl (C=O) groups is 1. The minimum Gasteiger partial charge on any atom is -0.343 e. The molecule has 0 unspecified atom stereocenters. The van der Waals surface area contributed by atoms with Gasteiger partial charge in [0.25, 0.3) is 0 Å². The molecule has 0 saturated carbocycles. The summed E-state index contributed by atoms with van der Waals surface area (Å²) in [5, 5.41) is 6.48. The lowest BCUT2D eigenvalue weighted by molar-refractivity contribution is -0.121. The number of benzene rings is 3. The molecule has 156 valence electrons. The number of rotatable bonds is 7. The van der Waals surface area contributed by atoms with Gasteiger partial charge in [0.05, 0.1) is 0 Å². The van der Waals surface area contributed by atoms with E-state index < -0.39 is 11.3 Å². The van der Waals surface area contributed by atoms with Crippen LogP contribution in [-0.4, -0.2) is 16.0 Å². The van der Waals surface area contributed by atoms with Crippen molar-refractivity contribution in [2.75, 3.05) is 0 Å². The van der Waals surface area contributed by atoms with E-state index in [2.05, 4.69) is 15.5 Å². The van der Waals surface area contributed by atoms with Crippen LogP contribution in [0.4, 0.5) is 4.39 Å². The Kier molecular flexibility index (Phi) is 6.43. The second kappa shape index (κ2) is 9.57. The number of amides is 1. The van der Waals surface area contributed by atoms with Crippen molar-refractivity contribution in [3.8, 4) is 11.4 Å². The molecule has 4 aromatic rings. The molecular weight excluding hydrogens is 413 g/mol. The van der Waals surface area contributed by atoms with Gasteiger partial charge in [0.1, 0.15) is 17.1 Å². The first-order valence-electron chi connectivity index (χ1n) is 9.77. The summed E-state index contributed by atoms with van der Waals surface area (Å²) in [7, 11) is 0. The van der Waals surface area contributed by atoms with E-state index in [0.29, 0.717) is 11.4 Å². The van der Waals surface area contributed by atoms with E-state index in [9.17, 15) is 9.18 Å². The smallest absolute Gasteiger partial charge is 0.249 e. The SMILES string of the molecule is C[C@@H](NC(=O)[C@@H](Sc1ccccc1)c1ccccc1)c1nc(-c2ccc(F)cc2)no1. The van der Waals surface area contributed by atoms with Crippen LogP contribution in [0.3, 0.4) is 0 Å².